The molecule has 1 amide bonds. The van der Waals surface area contributed by atoms with Crippen molar-refractivity contribution in [1.82, 2.24) is 10.6 Å². The Morgan fingerprint density at radius 1 is 0.909 bits per heavy atom. The molecule has 0 saturated carbocycles. The summed E-state index contributed by atoms with van der Waals surface area (Å²) >= 11 is 0. The van der Waals surface area contributed by atoms with Crippen molar-refractivity contribution < 1.29 is 40.6 Å². The van der Waals surface area contributed by atoms with E-state index in [1.807, 2.05) is 0 Å². The monoisotopic (exact) mass is 620 g/mol. The standard InChI is InChI=1S/C31H27F7N4O2/c1-17(2)27(29(43)41-23(16-40)13-24-25(32)11-19(15-39)12-26(24)33)42-28(31(36,37)38)22-9-7-21(8-10-22)20-5-3-18(4-6-20)14-30(34,35)44/h3-12,17,23,27-28,42,44H,13-14H2,1-2H3,(H,41,43)/t23?,27-,28-/m0/s1. The number of alkyl halides is 5. The Morgan fingerprint density at radius 2 is 1.43 bits per heavy atom. The maximum absolute atomic E-state index is 14.3. The lowest BCUT2D eigenvalue weighted by atomic mass is 9.96. The molecule has 232 valence electrons. The van der Waals surface area contributed by atoms with Gasteiger partial charge in [-0.05, 0) is 40.3 Å². The Morgan fingerprint density at radius 3 is 1.86 bits per heavy atom. The summed E-state index contributed by atoms with van der Waals surface area (Å²) in [6.45, 7) is 2.96. The predicted molar refractivity (Wildman–Crippen MR) is 146 cm³/mol. The van der Waals surface area contributed by atoms with Gasteiger partial charge < -0.3 is 10.4 Å². The molecule has 0 saturated heterocycles. The van der Waals surface area contributed by atoms with E-state index in [0.717, 1.165) is 12.1 Å². The van der Waals surface area contributed by atoms with Gasteiger partial charge in [-0.15, -0.1) is 0 Å². The number of carbonyl (C=O) groups is 1. The molecule has 44 heavy (non-hydrogen) atoms. The van der Waals surface area contributed by atoms with Crippen LogP contribution in [0.15, 0.2) is 60.7 Å². The molecule has 13 heteroatoms. The summed E-state index contributed by atoms with van der Waals surface area (Å²) in [6.07, 6.45) is -10.3. The van der Waals surface area contributed by atoms with Crippen LogP contribution in [0.25, 0.3) is 11.1 Å². The van der Waals surface area contributed by atoms with Crippen molar-refractivity contribution in [2.24, 2.45) is 5.92 Å². The SMILES string of the molecule is CC(C)[C@H](N[C@@H](c1ccc(-c2ccc(CC(O)(F)F)cc2)cc1)C(F)(F)F)C(=O)NC(C#N)Cc1c(F)cc(C#N)cc1F. The zero-order valence-electron chi connectivity index (χ0n) is 23.4. The minimum Gasteiger partial charge on any atom is -0.339 e. The summed E-state index contributed by atoms with van der Waals surface area (Å²) in [5, 5.41) is 31.6. The first kappa shape index (κ1) is 34.0. The highest BCUT2D eigenvalue weighted by Gasteiger charge is 2.43. The van der Waals surface area contributed by atoms with E-state index in [1.165, 1.54) is 62.4 Å². The topological polar surface area (TPSA) is 109 Å². The van der Waals surface area contributed by atoms with Crippen LogP contribution in [-0.2, 0) is 17.6 Å². The summed E-state index contributed by atoms with van der Waals surface area (Å²) < 4.78 is 97.0. The number of carbonyl (C=O) groups excluding carboxylic acids is 1. The van der Waals surface area contributed by atoms with Crippen LogP contribution in [0.2, 0.25) is 0 Å². The van der Waals surface area contributed by atoms with Gasteiger partial charge in [0.05, 0.1) is 30.2 Å². The van der Waals surface area contributed by atoms with Gasteiger partial charge in [0.25, 0.3) is 0 Å². The molecule has 0 bridgehead atoms. The summed E-state index contributed by atoms with van der Waals surface area (Å²) in [7, 11) is 0. The molecule has 0 radical (unpaired) electrons. The van der Waals surface area contributed by atoms with Crippen LogP contribution in [0.1, 0.15) is 42.1 Å². The van der Waals surface area contributed by atoms with Crippen molar-refractivity contribution in [2.45, 2.75) is 57.1 Å². The molecule has 0 spiro atoms. The van der Waals surface area contributed by atoms with Gasteiger partial charge in [0, 0.05) is 12.0 Å². The molecule has 0 aliphatic rings. The maximum Gasteiger partial charge on any atom is 0.407 e. The number of nitriles is 2. The number of hydrogen-bond donors (Lipinski definition) is 3. The number of nitrogens with one attached hydrogen (secondary N) is 2. The molecule has 3 atom stereocenters. The largest absolute Gasteiger partial charge is 0.407 e. The van der Waals surface area contributed by atoms with E-state index in [4.69, 9.17) is 10.4 Å². The highest BCUT2D eigenvalue weighted by molar-refractivity contribution is 5.82. The number of benzene rings is 3. The smallest absolute Gasteiger partial charge is 0.339 e. The van der Waals surface area contributed by atoms with E-state index < -0.39 is 72.3 Å². The van der Waals surface area contributed by atoms with E-state index in [1.54, 1.807) is 12.1 Å². The van der Waals surface area contributed by atoms with Gasteiger partial charge in [0.1, 0.15) is 23.7 Å². The van der Waals surface area contributed by atoms with Crippen LogP contribution in [0.3, 0.4) is 0 Å². The molecule has 3 rings (SSSR count). The fraction of sp³-hybridized carbons (Fsp3) is 0.323. The van der Waals surface area contributed by atoms with Gasteiger partial charge in [-0.3, -0.25) is 10.1 Å². The Kier molecular flexibility index (Phi) is 10.7. The van der Waals surface area contributed by atoms with E-state index in [2.05, 4.69) is 10.6 Å². The summed E-state index contributed by atoms with van der Waals surface area (Å²) in [5.41, 5.74) is 0.0568. The van der Waals surface area contributed by atoms with Gasteiger partial charge in [-0.2, -0.15) is 32.5 Å². The van der Waals surface area contributed by atoms with Gasteiger partial charge in [-0.25, -0.2) is 8.78 Å². The molecule has 0 aromatic heterocycles. The fourth-order valence-electron chi connectivity index (χ4n) is 4.52. The predicted octanol–water partition coefficient (Wildman–Crippen LogP) is 6.10. The lowest BCUT2D eigenvalue weighted by Crippen LogP contribution is -2.53. The van der Waals surface area contributed by atoms with Crippen molar-refractivity contribution in [3.8, 4) is 23.3 Å². The second-order valence-electron chi connectivity index (χ2n) is 10.4. The maximum atomic E-state index is 14.3. The van der Waals surface area contributed by atoms with Crippen molar-refractivity contribution in [1.29, 1.82) is 10.5 Å². The third kappa shape index (κ3) is 9.02. The average molecular weight is 621 g/mol. The molecule has 3 aromatic rings. The summed E-state index contributed by atoms with van der Waals surface area (Å²) in [4.78, 5) is 13.1. The van der Waals surface area contributed by atoms with Crippen LogP contribution >= 0.6 is 0 Å². The van der Waals surface area contributed by atoms with Crippen LogP contribution in [-0.4, -0.2) is 35.4 Å². The zero-order valence-corrected chi connectivity index (χ0v) is 23.4. The van der Waals surface area contributed by atoms with Crippen molar-refractivity contribution in [3.63, 3.8) is 0 Å². The third-order valence-corrected chi connectivity index (χ3v) is 6.72. The van der Waals surface area contributed by atoms with E-state index in [9.17, 15) is 40.8 Å². The van der Waals surface area contributed by atoms with Gasteiger partial charge >= 0.3 is 12.3 Å². The number of aliphatic hydroxyl groups is 1. The van der Waals surface area contributed by atoms with E-state index in [0.29, 0.717) is 11.1 Å². The molecule has 3 N–H and O–H groups in total. The average Bonchev–Trinajstić information content (AvgIpc) is 2.93. The lowest BCUT2D eigenvalue weighted by Gasteiger charge is -2.30. The highest BCUT2D eigenvalue weighted by atomic mass is 19.4. The molecule has 6 nitrogen and oxygen atoms in total. The van der Waals surface area contributed by atoms with Crippen molar-refractivity contribution in [3.05, 3.63) is 94.6 Å². The summed E-state index contributed by atoms with van der Waals surface area (Å²) in [5.74, 6) is -3.94. The quantitative estimate of drug-likeness (QED) is 0.225. The first-order valence-corrected chi connectivity index (χ1v) is 13.2. The number of rotatable bonds is 11. The second kappa shape index (κ2) is 13.9. The number of amides is 1. The molecule has 3 aromatic carbocycles. The van der Waals surface area contributed by atoms with E-state index in [-0.39, 0.29) is 16.7 Å². The molecule has 1 unspecified atom stereocenters. The van der Waals surface area contributed by atoms with E-state index >= 15 is 0 Å². The third-order valence-electron chi connectivity index (χ3n) is 6.72. The second-order valence-corrected chi connectivity index (χ2v) is 10.4. The number of nitrogens with zero attached hydrogens (tertiary/aromatic N) is 2. The molecule has 0 fully saturated rings. The van der Waals surface area contributed by atoms with Crippen LogP contribution in [0.5, 0.6) is 0 Å². The molecular weight excluding hydrogens is 593 g/mol. The molecular formula is C31H27F7N4O2. The van der Waals surface area contributed by atoms with Crippen LogP contribution in [0.4, 0.5) is 30.7 Å². The molecule has 0 aliphatic carbocycles. The summed E-state index contributed by atoms with van der Waals surface area (Å²) in [6, 6.07) is 10.3. The number of halogens is 7. The molecule has 0 heterocycles. The Bertz CT molecular complexity index is 1520. The minimum absolute atomic E-state index is 0.156. The Hall–Kier alpha value is -4.46. The van der Waals surface area contributed by atoms with Crippen molar-refractivity contribution >= 4 is 5.91 Å². The Labute approximate surface area is 248 Å². The highest BCUT2D eigenvalue weighted by Crippen LogP contribution is 2.35. The van der Waals surface area contributed by atoms with Gasteiger partial charge in [-0.1, -0.05) is 62.4 Å². The first-order chi connectivity index (χ1) is 20.5. The minimum atomic E-state index is -4.87. The first-order valence-electron chi connectivity index (χ1n) is 13.2. The van der Waals surface area contributed by atoms with Crippen LogP contribution < -0.4 is 10.6 Å². The van der Waals surface area contributed by atoms with Crippen molar-refractivity contribution in [2.75, 3.05) is 0 Å². The zero-order chi connectivity index (χ0) is 32.8. The lowest BCUT2D eigenvalue weighted by molar-refractivity contribution is -0.196. The van der Waals surface area contributed by atoms with Crippen LogP contribution in [0, 0.1) is 40.2 Å². The normalized spacial score (nSPS) is 13.9. The molecule has 0 aliphatic heterocycles. The number of hydrogen-bond acceptors (Lipinski definition) is 5. The Balaban J connectivity index is 1.79. The van der Waals surface area contributed by atoms with Gasteiger partial charge in [0.15, 0.2) is 0 Å². The van der Waals surface area contributed by atoms with Gasteiger partial charge in [0.2, 0.25) is 5.91 Å². The fourth-order valence-corrected chi connectivity index (χ4v) is 4.52.